The van der Waals surface area contributed by atoms with Crippen molar-refractivity contribution in [1.82, 2.24) is 0 Å². The van der Waals surface area contributed by atoms with Gasteiger partial charge in [-0.15, -0.1) is 0 Å². The molecule has 0 radical (unpaired) electrons. The Bertz CT molecular complexity index is 681. The van der Waals surface area contributed by atoms with Gasteiger partial charge in [-0.3, -0.25) is 4.79 Å². The summed E-state index contributed by atoms with van der Waals surface area (Å²) < 4.78 is 0. The lowest BCUT2D eigenvalue weighted by Crippen LogP contribution is -2.56. The van der Waals surface area contributed by atoms with Crippen LogP contribution in [0.1, 0.15) is 41.1 Å². The molecule has 0 saturated heterocycles. The number of ketones is 1. The van der Waals surface area contributed by atoms with Crippen LogP contribution in [0.3, 0.4) is 0 Å². The van der Waals surface area contributed by atoms with Gasteiger partial charge in [0.1, 0.15) is 0 Å². The molecular formula is C20H21NO. The molecule has 2 bridgehead atoms. The van der Waals surface area contributed by atoms with E-state index in [0.717, 1.165) is 18.4 Å². The number of carbonyl (C=O) groups is 1. The van der Waals surface area contributed by atoms with Crippen LogP contribution in [0.5, 0.6) is 0 Å². The van der Waals surface area contributed by atoms with Gasteiger partial charge in [0, 0.05) is 11.5 Å². The summed E-state index contributed by atoms with van der Waals surface area (Å²) in [6.07, 6.45) is 3.38. The first-order chi connectivity index (χ1) is 10.7. The molecule has 0 unspecified atom stereocenters. The number of rotatable bonds is 3. The average molecular weight is 291 g/mol. The summed E-state index contributed by atoms with van der Waals surface area (Å²) >= 11 is 0. The van der Waals surface area contributed by atoms with Crippen molar-refractivity contribution in [2.24, 2.45) is 17.6 Å². The third-order valence-electron chi connectivity index (χ3n) is 5.72. The first-order valence-corrected chi connectivity index (χ1v) is 8.15. The molecule has 2 aliphatic carbocycles. The molecule has 2 fully saturated rings. The van der Waals surface area contributed by atoms with Crippen molar-refractivity contribution in [2.75, 3.05) is 0 Å². The van der Waals surface area contributed by atoms with E-state index in [4.69, 9.17) is 5.73 Å². The van der Waals surface area contributed by atoms with Gasteiger partial charge in [-0.1, -0.05) is 60.7 Å². The normalized spacial score (nSPS) is 33.0. The van der Waals surface area contributed by atoms with Crippen LogP contribution >= 0.6 is 0 Å². The molecule has 4 atom stereocenters. The van der Waals surface area contributed by atoms with Crippen LogP contribution in [0.4, 0.5) is 0 Å². The van der Waals surface area contributed by atoms with Crippen molar-refractivity contribution in [1.29, 1.82) is 0 Å². The molecular weight excluding hydrogens is 270 g/mol. The Morgan fingerprint density at radius 3 is 2.27 bits per heavy atom. The second kappa shape index (κ2) is 5.06. The van der Waals surface area contributed by atoms with Crippen LogP contribution in [0.25, 0.3) is 0 Å². The molecule has 2 heteroatoms. The third-order valence-corrected chi connectivity index (χ3v) is 5.72. The molecule has 0 amide bonds. The van der Waals surface area contributed by atoms with Crippen LogP contribution in [0.15, 0.2) is 60.7 Å². The zero-order valence-electron chi connectivity index (χ0n) is 12.6. The highest BCUT2D eigenvalue weighted by Crippen LogP contribution is 2.58. The summed E-state index contributed by atoms with van der Waals surface area (Å²) in [5.41, 5.74) is 8.07. The summed E-state index contributed by atoms with van der Waals surface area (Å²) in [7, 11) is 0. The monoisotopic (exact) mass is 291 g/mol. The van der Waals surface area contributed by atoms with E-state index in [9.17, 15) is 4.79 Å². The molecule has 2 aromatic carbocycles. The largest absolute Gasteiger partial charge is 0.318 e. The minimum atomic E-state index is -0.744. The quantitative estimate of drug-likeness (QED) is 0.875. The number of Topliss-reactive ketones (excluding diaryl/α,β-unsaturated/α-hetero) is 1. The van der Waals surface area contributed by atoms with Crippen LogP contribution in [-0.4, -0.2) is 11.3 Å². The second-order valence-corrected chi connectivity index (χ2v) is 6.79. The van der Waals surface area contributed by atoms with E-state index in [2.05, 4.69) is 24.3 Å². The van der Waals surface area contributed by atoms with Gasteiger partial charge >= 0.3 is 0 Å². The van der Waals surface area contributed by atoms with Crippen LogP contribution < -0.4 is 5.73 Å². The maximum Gasteiger partial charge on any atom is 0.183 e. The lowest BCUT2D eigenvalue weighted by Gasteiger charge is -2.40. The minimum Gasteiger partial charge on any atom is -0.318 e. The lowest BCUT2D eigenvalue weighted by atomic mass is 9.67. The minimum absolute atomic E-state index is 0.120. The second-order valence-electron chi connectivity index (χ2n) is 6.79. The third kappa shape index (κ3) is 1.87. The van der Waals surface area contributed by atoms with E-state index in [-0.39, 0.29) is 11.7 Å². The fourth-order valence-corrected chi connectivity index (χ4v) is 4.77. The van der Waals surface area contributed by atoms with Gasteiger partial charge in [0.25, 0.3) is 0 Å². The van der Waals surface area contributed by atoms with Crippen molar-refractivity contribution >= 4 is 5.78 Å². The van der Waals surface area contributed by atoms with Gasteiger partial charge in [0.05, 0.1) is 5.54 Å². The van der Waals surface area contributed by atoms with E-state index < -0.39 is 5.54 Å². The maximum absolute atomic E-state index is 13.2. The number of hydrogen-bond acceptors (Lipinski definition) is 2. The Morgan fingerprint density at radius 1 is 0.955 bits per heavy atom. The van der Waals surface area contributed by atoms with Gasteiger partial charge in [0.2, 0.25) is 0 Å². The highest BCUT2D eigenvalue weighted by molar-refractivity contribution is 6.04. The van der Waals surface area contributed by atoms with Gasteiger partial charge in [-0.2, -0.15) is 0 Å². The van der Waals surface area contributed by atoms with E-state index in [1.165, 1.54) is 12.0 Å². The molecule has 2 aliphatic rings. The Kier molecular flexibility index (Phi) is 3.16. The summed E-state index contributed by atoms with van der Waals surface area (Å²) in [6.45, 7) is 0. The fraction of sp³-hybridized carbons (Fsp3) is 0.350. The summed E-state index contributed by atoms with van der Waals surface area (Å²) in [4.78, 5) is 13.2. The summed E-state index contributed by atoms with van der Waals surface area (Å²) in [6, 6.07) is 19.9. The van der Waals surface area contributed by atoms with Gasteiger partial charge in [-0.25, -0.2) is 0 Å². The molecule has 2 nitrogen and oxygen atoms in total. The van der Waals surface area contributed by atoms with E-state index in [0.29, 0.717) is 11.8 Å². The van der Waals surface area contributed by atoms with E-state index in [1.54, 1.807) is 0 Å². The number of benzene rings is 2. The SMILES string of the molecule is N[C@]1(C(=O)c2ccccc2)[C@@H]2CC[C@@H](C2)[C@H]1c1ccccc1. The number of fused-ring (bicyclic) bond motifs is 2. The summed E-state index contributed by atoms with van der Waals surface area (Å²) in [5.74, 6) is 1.13. The molecule has 0 aliphatic heterocycles. The van der Waals surface area contributed by atoms with Crippen molar-refractivity contribution in [2.45, 2.75) is 30.7 Å². The number of nitrogens with two attached hydrogens (primary N) is 1. The molecule has 0 aromatic heterocycles. The molecule has 4 rings (SSSR count). The topological polar surface area (TPSA) is 43.1 Å². The smallest absolute Gasteiger partial charge is 0.183 e. The zero-order valence-corrected chi connectivity index (χ0v) is 12.6. The molecule has 0 spiro atoms. The molecule has 2 aromatic rings. The zero-order chi connectivity index (χ0) is 15.2. The van der Waals surface area contributed by atoms with Gasteiger partial charge in [0.15, 0.2) is 5.78 Å². The van der Waals surface area contributed by atoms with E-state index >= 15 is 0 Å². The summed E-state index contributed by atoms with van der Waals surface area (Å²) in [5, 5.41) is 0. The van der Waals surface area contributed by atoms with Crippen molar-refractivity contribution < 1.29 is 4.79 Å². The Balaban J connectivity index is 1.79. The molecule has 112 valence electrons. The Morgan fingerprint density at radius 2 is 1.59 bits per heavy atom. The van der Waals surface area contributed by atoms with Crippen molar-refractivity contribution in [3.05, 3.63) is 71.8 Å². The van der Waals surface area contributed by atoms with Crippen molar-refractivity contribution in [3.8, 4) is 0 Å². The van der Waals surface area contributed by atoms with Crippen LogP contribution in [-0.2, 0) is 0 Å². The highest BCUT2D eigenvalue weighted by Gasteiger charge is 2.60. The first kappa shape index (κ1) is 13.7. The Labute approximate surface area is 131 Å². The molecule has 0 heterocycles. The molecule has 22 heavy (non-hydrogen) atoms. The van der Waals surface area contributed by atoms with Gasteiger partial charge < -0.3 is 5.73 Å². The van der Waals surface area contributed by atoms with Crippen LogP contribution in [0.2, 0.25) is 0 Å². The average Bonchev–Trinajstić information content (AvgIpc) is 3.16. The van der Waals surface area contributed by atoms with Gasteiger partial charge in [-0.05, 0) is 36.7 Å². The van der Waals surface area contributed by atoms with Crippen molar-refractivity contribution in [3.63, 3.8) is 0 Å². The Hall–Kier alpha value is -1.93. The lowest BCUT2D eigenvalue weighted by molar-refractivity contribution is 0.0798. The number of carbonyl (C=O) groups excluding carboxylic acids is 1. The number of hydrogen-bond donors (Lipinski definition) is 1. The standard InChI is InChI=1S/C20H21NO/c21-20(19(22)15-9-5-2-6-10-15)17-12-11-16(13-17)18(20)14-7-3-1-4-8-14/h1-10,16-18H,11-13,21H2/t16-,17+,18+,20+/m0/s1. The maximum atomic E-state index is 13.2. The first-order valence-electron chi connectivity index (χ1n) is 8.15. The van der Waals surface area contributed by atoms with E-state index in [1.807, 2.05) is 36.4 Å². The predicted octanol–water partition coefficient (Wildman–Crippen LogP) is 3.78. The fourth-order valence-electron chi connectivity index (χ4n) is 4.77. The van der Waals surface area contributed by atoms with Crippen LogP contribution in [0, 0.1) is 11.8 Å². The predicted molar refractivity (Wildman–Crippen MR) is 87.7 cm³/mol. The molecule has 2 saturated carbocycles. The molecule has 2 N–H and O–H groups in total. The highest BCUT2D eigenvalue weighted by atomic mass is 16.1.